The monoisotopic (exact) mass is 279 g/mol. The van der Waals surface area contributed by atoms with Gasteiger partial charge in [0.2, 0.25) is 0 Å². The highest BCUT2D eigenvalue weighted by Gasteiger charge is 2.29. The van der Waals surface area contributed by atoms with Crippen LogP contribution in [0, 0.1) is 5.92 Å². The quantitative estimate of drug-likeness (QED) is 0.919. The van der Waals surface area contributed by atoms with Gasteiger partial charge in [0.15, 0.2) is 5.76 Å². The predicted molar refractivity (Wildman–Crippen MR) is 73.8 cm³/mol. The lowest BCUT2D eigenvalue weighted by atomic mass is 9.94. The fourth-order valence-electron chi connectivity index (χ4n) is 2.76. The van der Waals surface area contributed by atoms with Gasteiger partial charge >= 0.3 is 5.97 Å². The lowest BCUT2D eigenvalue weighted by Crippen LogP contribution is -2.44. The maximum atomic E-state index is 12.5. The number of carbonyl (C=O) groups excluding carboxylic acids is 1. The number of hydrogen-bond donors (Lipinski definition) is 1. The molecule has 1 aliphatic heterocycles. The van der Waals surface area contributed by atoms with Crippen molar-refractivity contribution in [3.05, 3.63) is 23.7 Å². The molecule has 5 nitrogen and oxygen atoms in total. The number of aromatic carboxylic acids is 1. The lowest BCUT2D eigenvalue weighted by Gasteiger charge is -2.36. The Morgan fingerprint density at radius 3 is 2.80 bits per heavy atom. The van der Waals surface area contributed by atoms with Gasteiger partial charge in [-0.2, -0.15) is 0 Å². The Labute approximate surface area is 118 Å². The van der Waals surface area contributed by atoms with Crippen LogP contribution in [0.15, 0.2) is 16.7 Å². The smallest absolute Gasteiger partial charge is 0.338 e. The first-order valence-electron chi connectivity index (χ1n) is 7.12. The topological polar surface area (TPSA) is 70.8 Å². The summed E-state index contributed by atoms with van der Waals surface area (Å²) < 4.78 is 5.12. The van der Waals surface area contributed by atoms with E-state index in [-0.39, 0.29) is 23.3 Å². The summed E-state index contributed by atoms with van der Waals surface area (Å²) >= 11 is 0. The SMILES string of the molecule is CC(C)CC1CCCCN1C(=O)c1cc(C(=O)O)co1. The molecule has 1 atom stereocenters. The molecule has 1 aromatic rings. The highest BCUT2D eigenvalue weighted by Crippen LogP contribution is 2.25. The summed E-state index contributed by atoms with van der Waals surface area (Å²) in [6.07, 6.45) is 5.23. The number of carboxylic acids is 1. The molecule has 110 valence electrons. The fourth-order valence-corrected chi connectivity index (χ4v) is 2.76. The van der Waals surface area contributed by atoms with Crippen LogP contribution in [0.25, 0.3) is 0 Å². The number of rotatable bonds is 4. The molecule has 1 N–H and O–H groups in total. The first-order chi connectivity index (χ1) is 9.49. The van der Waals surface area contributed by atoms with Crippen molar-refractivity contribution in [2.45, 2.75) is 45.6 Å². The van der Waals surface area contributed by atoms with Crippen molar-refractivity contribution in [1.29, 1.82) is 0 Å². The molecule has 1 aliphatic rings. The lowest BCUT2D eigenvalue weighted by molar-refractivity contribution is 0.0551. The summed E-state index contributed by atoms with van der Waals surface area (Å²) in [6.45, 7) is 5.01. The van der Waals surface area contributed by atoms with Gasteiger partial charge in [0.05, 0.1) is 5.56 Å². The molecule has 0 bridgehead atoms. The Bertz CT molecular complexity index is 492. The molecule has 1 saturated heterocycles. The molecule has 20 heavy (non-hydrogen) atoms. The van der Waals surface area contributed by atoms with Crippen molar-refractivity contribution < 1.29 is 19.1 Å². The number of furan rings is 1. The van der Waals surface area contributed by atoms with Gasteiger partial charge in [-0.3, -0.25) is 4.79 Å². The van der Waals surface area contributed by atoms with E-state index < -0.39 is 5.97 Å². The minimum absolute atomic E-state index is 0.0192. The number of carbonyl (C=O) groups is 2. The second-order valence-electron chi connectivity index (χ2n) is 5.78. The number of likely N-dealkylation sites (tertiary alicyclic amines) is 1. The van der Waals surface area contributed by atoms with E-state index in [1.54, 1.807) is 0 Å². The first kappa shape index (κ1) is 14.6. The minimum Gasteiger partial charge on any atom is -0.478 e. The van der Waals surface area contributed by atoms with Crippen LogP contribution in [-0.4, -0.2) is 34.5 Å². The van der Waals surface area contributed by atoms with E-state index in [1.165, 1.54) is 6.07 Å². The van der Waals surface area contributed by atoms with Crippen molar-refractivity contribution in [3.8, 4) is 0 Å². The summed E-state index contributed by atoms with van der Waals surface area (Å²) in [5.74, 6) is -0.620. The van der Waals surface area contributed by atoms with Crippen LogP contribution in [-0.2, 0) is 0 Å². The van der Waals surface area contributed by atoms with Gasteiger partial charge in [-0.25, -0.2) is 4.79 Å². The summed E-state index contributed by atoms with van der Waals surface area (Å²) in [7, 11) is 0. The molecule has 2 heterocycles. The summed E-state index contributed by atoms with van der Waals surface area (Å²) in [5, 5.41) is 8.88. The van der Waals surface area contributed by atoms with E-state index in [4.69, 9.17) is 9.52 Å². The molecule has 5 heteroatoms. The highest BCUT2D eigenvalue weighted by atomic mass is 16.4. The van der Waals surface area contributed by atoms with E-state index in [2.05, 4.69) is 13.8 Å². The van der Waals surface area contributed by atoms with Crippen molar-refractivity contribution in [1.82, 2.24) is 4.90 Å². The standard InChI is InChI=1S/C15H21NO4/c1-10(2)7-12-5-3-4-6-16(12)14(17)13-8-11(9-20-13)15(18)19/h8-10,12H,3-7H2,1-2H3,(H,18,19). The third-order valence-electron chi connectivity index (χ3n) is 3.69. The number of amides is 1. The normalized spacial score (nSPS) is 19.4. The average Bonchev–Trinajstić information content (AvgIpc) is 2.87. The molecule has 1 unspecified atom stereocenters. The van der Waals surface area contributed by atoms with E-state index in [0.29, 0.717) is 5.92 Å². The Morgan fingerprint density at radius 2 is 2.20 bits per heavy atom. The van der Waals surface area contributed by atoms with Gasteiger partial charge in [0, 0.05) is 18.7 Å². The summed E-state index contributed by atoms with van der Waals surface area (Å²) in [5.41, 5.74) is 0.0192. The zero-order valence-electron chi connectivity index (χ0n) is 12.0. The summed E-state index contributed by atoms with van der Waals surface area (Å²) in [6, 6.07) is 1.54. The molecule has 1 aromatic heterocycles. The first-order valence-corrected chi connectivity index (χ1v) is 7.12. The van der Waals surface area contributed by atoms with Gasteiger partial charge in [-0.1, -0.05) is 13.8 Å². The van der Waals surface area contributed by atoms with E-state index in [1.807, 2.05) is 4.90 Å². The van der Waals surface area contributed by atoms with Crippen molar-refractivity contribution >= 4 is 11.9 Å². The van der Waals surface area contributed by atoms with Crippen LogP contribution < -0.4 is 0 Å². The number of carboxylic acid groups (broad SMARTS) is 1. The molecule has 0 saturated carbocycles. The van der Waals surface area contributed by atoms with Crippen molar-refractivity contribution in [2.24, 2.45) is 5.92 Å². The number of piperidine rings is 1. The third kappa shape index (κ3) is 3.21. The van der Waals surface area contributed by atoms with Crippen LogP contribution >= 0.6 is 0 Å². The number of nitrogens with zero attached hydrogens (tertiary/aromatic N) is 1. The van der Waals surface area contributed by atoms with Gasteiger partial charge in [0.1, 0.15) is 6.26 Å². The Balaban J connectivity index is 2.14. The van der Waals surface area contributed by atoms with Crippen molar-refractivity contribution in [3.63, 3.8) is 0 Å². The Kier molecular flexibility index (Phi) is 4.47. The van der Waals surface area contributed by atoms with Gasteiger partial charge < -0.3 is 14.4 Å². The molecule has 1 amide bonds. The molecular formula is C15H21NO4. The molecule has 0 spiro atoms. The maximum Gasteiger partial charge on any atom is 0.338 e. The van der Waals surface area contributed by atoms with Gasteiger partial charge in [-0.15, -0.1) is 0 Å². The fraction of sp³-hybridized carbons (Fsp3) is 0.600. The number of hydrogen-bond acceptors (Lipinski definition) is 3. The maximum absolute atomic E-state index is 12.5. The Hall–Kier alpha value is -1.78. The molecule has 2 rings (SSSR count). The summed E-state index contributed by atoms with van der Waals surface area (Å²) in [4.78, 5) is 25.1. The van der Waals surface area contributed by atoms with E-state index in [9.17, 15) is 9.59 Å². The molecular weight excluding hydrogens is 258 g/mol. The second kappa shape index (κ2) is 6.11. The van der Waals surface area contributed by atoms with Crippen LogP contribution in [0.1, 0.15) is 60.4 Å². The van der Waals surface area contributed by atoms with Crippen LogP contribution in [0.3, 0.4) is 0 Å². The zero-order chi connectivity index (χ0) is 14.7. The zero-order valence-corrected chi connectivity index (χ0v) is 12.0. The second-order valence-corrected chi connectivity index (χ2v) is 5.78. The van der Waals surface area contributed by atoms with E-state index >= 15 is 0 Å². The third-order valence-corrected chi connectivity index (χ3v) is 3.69. The van der Waals surface area contributed by atoms with Crippen LogP contribution in [0.2, 0.25) is 0 Å². The molecule has 0 aliphatic carbocycles. The Morgan fingerprint density at radius 1 is 1.45 bits per heavy atom. The molecule has 0 aromatic carbocycles. The molecule has 1 fully saturated rings. The van der Waals surface area contributed by atoms with Crippen LogP contribution in [0.4, 0.5) is 0 Å². The highest BCUT2D eigenvalue weighted by molar-refractivity contribution is 5.95. The van der Waals surface area contributed by atoms with E-state index in [0.717, 1.165) is 38.5 Å². The van der Waals surface area contributed by atoms with Crippen molar-refractivity contribution in [2.75, 3.05) is 6.54 Å². The average molecular weight is 279 g/mol. The molecule has 0 radical (unpaired) electrons. The largest absolute Gasteiger partial charge is 0.478 e. The predicted octanol–water partition coefficient (Wildman–Crippen LogP) is 3.02. The van der Waals surface area contributed by atoms with Crippen LogP contribution in [0.5, 0.6) is 0 Å². The van der Waals surface area contributed by atoms with Gasteiger partial charge in [0.25, 0.3) is 5.91 Å². The van der Waals surface area contributed by atoms with Gasteiger partial charge in [-0.05, 0) is 31.6 Å². The minimum atomic E-state index is -1.08.